The minimum atomic E-state index is -1.75. The lowest BCUT2D eigenvalue weighted by molar-refractivity contribution is -0.145. The average molecular weight is 785 g/mol. The van der Waals surface area contributed by atoms with Gasteiger partial charge in [-0.25, -0.2) is 4.79 Å². The van der Waals surface area contributed by atoms with Crippen LogP contribution in [0.1, 0.15) is 87.0 Å². The molecular weight excluding hydrogens is 724 g/mol. The molecule has 1 rings (SSSR count). The Hall–Kier alpha value is -4.85. The summed E-state index contributed by atoms with van der Waals surface area (Å²) in [6.45, 7) is 11.0. The van der Waals surface area contributed by atoms with E-state index in [1.165, 1.54) is 6.92 Å². The van der Waals surface area contributed by atoms with Gasteiger partial charge in [0.2, 0.25) is 41.4 Å². The van der Waals surface area contributed by atoms with E-state index in [4.69, 9.17) is 10.8 Å². The molecule has 11 N–H and O–H groups in total. The molecule has 20 heteroatoms. The van der Waals surface area contributed by atoms with Crippen LogP contribution in [0.2, 0.25) is 0 Å². The van der Waals surface area contributed by atoms with Gasteiger partial charge in [-0.05, 0) is 50.4 Å². The number of carboxylic acid groups (broad SMARTS) is 2. The third-order valence-electron chi connectivity index (χ3n) is 9.01. The standard InChI is InChI=1S/C35H60N8O12/c1-8-19(6)28(42-29(48)21(36)12-17(2)3)33(52)40-22(13-18(4)5)30(49)37-15-26(45)38-20(7)34(53)43-11-9-10-25(43)32(51)39-23(14-27(46)47)31(50)41-24(16-44)35(54)55/h17-25,28,44H,8-16,36H2,1-7H3,(H,37,49)(H,38,45)(H,39,51)(H,40,52)(H,41,50)(H,42,48)(H,46,47)(H,54,55)/t19-,20-,21-,22-,23-,24-,25-,28-/m0/s1. The van der Waals surface area contributed by atoms with E-state index >= 15 is 0 Å². The van der Waals surface area contributed by atoms with Crippen molar-refractivity contribution >= 4 is 53.3 Å². The fourth-order valence-electron chi connectivity index (χ4n) is 5.85. The molecule has 1 heterocycles. The van der Waals surface area contributed by atoms with Crippen LogP contribution in [0.25, 0.3) is 0 Å². The van der Waals surface area contributed by atoms with Gasteiger partial charge < -0.3 is 57.9 Å². The summed E-state index contributed by atoms with van der Waals surface area (Å²) in [5.74, 6) is -8.52. The van der Waals surface area contributed by atoms with Crippen molar-refractivity contribution in [3.05, 3.63) is 0 Å². The Labute approximate surface area is 320 Å². The van der Waals surface area contributed by atoms with Gasteiger partial charge in [0.15, 0.2) is 0 Å². The number of nitrogens with two attached hydrogens (primary N) is 1. The van der Waals surface area contributed by atoms with Gasteiger partial charge in [0.1, 0.15) is 36.3 Å². The summed E-state index contributed by atoms with van der Waals surface area (Å²) in [7, 11) is 0. The zero-order chi connectivity index (χ0) is 42.2. The Morgan fingerprint density at radius 1 is 0.745 bits per heavy atom. The summed E-state index contributed by atoms with van der Waals surface area (Å²) >= 11 is 0. The number of carbonyl (C=O) groups excluding carboxylic acids is 7. The van der Waals surface area contributed by atoms with E-state index in [1.54, 1.807) is 6.92 Å². The zero-order valence-electron chi connectivity index (χ0n) is 32.7. The highest BCUT2D eigenvalue weighted by atomic mass is 16.4. The number of hydrogen-bond donors (Lipinski definition) is 10. The van der Waals surface area contributed by atoms with Gasteiger partial charge in [0.05, 0.1) is 25.6 Å². The Morgan fingerprint density at radius 2 is 1.35 bits per heavy atom. The second-order valence-electron chi connectivity index (χ2n) is 14.7. The van der Waals surface area contributed by atoms with Gasteiger partial charge in [0, 0.05) is 6.54 Å². The molecule has 0 unspecified atom stereocenters. The first kappa shape index (κ1) is 48.2. The van der Waals surface area contributed by atoms with E-state index in [1.807, 2.05) is 39.9 Å². The van der Waals surface area contributed by atoms with Crippen molar-refractivity contribution < 1.29 is 58.5 Å². The fourth-order valence-corrected chi connectivity index (χ4v) is 5.85. The number of likely N-dealkylation sites (tertiary alicyclic amines) is 1. The highest BCUT2D eigenvalue weighted by Crippen LogP contribution is 2.19. The molecule has 20 nitrogen and oxygen atoms in total. The van der Waals surface area contributed by atoms with Gasteiger partial charge in [-0.2, -0.15) is 0 Å². The summed E-state index contributed by atoms with van der Waals surface area (Å²) in [6, 6.07) is -8.68. The fraction of sp³-hybridized carbons (Fsp3) is 0.743. The molecule has 0 aromatic rings. The maximum Gasteiger partial charge on any atom is 0.328 e. The summed E-state index contributed by atoms with van der Waals surface area (Å²) in [6.07, 6.45) is 0.742. The lowest BCUT2D eigenvalue weighted by Crippen LogP contribution is -2.58. The van der Waals surface area contributed by atoms with Gasteiger partial charge in [-0.3, -0.25) is 38.4 Å². The number of aliphatic hydroxyl groups is 1. The Kier molecular flexibility index (Phi) is 20.3. The first-order valence-electron chi connectivity index (χ1n) is 18.5. The van der Waals surface area contributed by atoms with E-state index in [0.29, 0.717) is 19.3 Å². The van der Waals surface area contributed by atoms with Crippen LogP contribution < -0.4 is 37.6 Å². The monoisotopic (exact) mass is 784 g/mol. The normalized spacial score (nSPS) is 17.8. The van der Waals surface area contributed by atoms with Crippen LogP contribution in [-0.4, -0.2) is 135 Å². The topological polar surface area (TPSA) is 316 Å². The number of nitrogens with zero attached hydrogens (tertiary/aromatic N) is 1. The van der Waals surface area contributed by atoms with E-state index in [9.17, 15) is 53.4 Å². The lowest BCUT2D eigenvalue weighted by Gasteiger charge is -2.29. The smallest absolute Gasteiger partial charge is 0.328 e. The van der Waals surface area contributed by atoms with E-state index < -0.39 is 115 Å². The first-order valence-corrected chi connectivity index (χ1v) is 18.5. The van der Waals surface area contributed by atoms with Crippen LogP contribution in [0, 0.1) is 17.8 Å². The lowest BCUT2D eigenvalue weighted by atomic mass is 9.96. The van der Waals surface area contributed by atoms with E-state index in [0.717, 1.165) is 4.90 Å². The summed E-state index contributed by atoms with van der Waals surface area (Å²) in [5, 5.41) is 42.1. The molecule has 1 aliphatic heterocycles. The molecule has 1 fully saturated rings. The van der Waals surface area contributed by atoms with Crippen molar-refractivity contribution in [3.8, 4) is 0 Å². The maximum absolute atomic E-state index is 13.4. The Morgan fingerprint density at radius 3 is 1.87 bits per heavy atom. The SMILES string of the molecule is CC[C@H](C)[C@H](NC(=O)[C@@H](N)CC(C)C)C(=O)N[C@@H](CC(C)C)C(=O)NCC(=O)N[C@@H](C)C(=O)N1CCC[C@H]1C(=O)N[C@@H](CC(=O)O)C(=O)N[C@@H](CO)C(=O)O. The molecule has 0 aromatic carbocycles. The van der Waals surface area contributed by atoms with Crippen molar-refractivity contribution in [1.82, 2.24) is 36.8 Å². The van der Waals surface area contributed by atoms with Crippen LogP contribution in [0.15, 0.2) is 0 Å². The van der Waals surface area contributed by atoms with Gasteiger partial charge in [-0.1, -0.05) is 48.0 Å². The molecule has 0 aliphatic carbocycles. The van der Waals surface area contributed by atoms with Crippen LogP contribution in [0.4, 0.5) is 0 Å². The molecule has 7 amide bonds. The number of amides is 7. The van der Waals surface area contributed by atoms with Crippen molar-refractivity contribution in [1.29, 1.82) is 0 Å². The summed E-state index contributed by atoms with van der Waals surface area (Å²) in [4.78, 5) is 115. The minimum Gasteiger partial charge on any atom is -0.481 e. The van der Waals surface area contributed by atoms with Gasteiger partial charge in [-0.15, -0.1) is 0 Å². The highest BCUT2D eigenvalue weighted by molar-refractivity contribution is 5.97. The largest absolute Gasteiger partial charge is 0.481 e. The molecular formula is C35H60N8O12. The number of carboxylic acids is 2. The van der Waals surface area contributed by atoms with Crippen LogP contribution in [-0.2, 0) is 43.2 Å². The molecule has 8 atom stereocenters. The number of rotatable bonds is 23. The molecule has 1 saturated heterocycles. The van der Waals surface area contributed by atoms with Gasteiger partial charge >= 0.3 is 11.9 Å². The second kappa shape index (κ2) is 23.2. The maximum atomic E-state index is 13.4. The van der Waals surface area contributed by atoms with Crippen molar-refractivity contribution in [2.24, 2.45) is 23.5 Å². The Balaban J connectivity index is 2.93. The Bertz CT molecular complexity index is 1390. The summed E-state index contributed by atoms with van der Waals surface area (Å²) in [5.41, 5.74) is 6.03. The van der Waals surface area contributed by atoms with Crippen molar-refractivity contribution in [3.63, 3.8) is 0 Å². The van der Waals surface area contributed by atoms with Gasteiger partial charge in [0.25, 0.3) is 0 Å². The van der Waals surface area contributed by atoms with Crippen LogP contribution in [0.3, 0.4) is 0 Å². The van der Waals surface area contributed by atoms with E-state index in [-0.39, 0.29) is 37.1 Å². The average Bonchev–Trinajstić information content (AvgIpc) is 3.59. The quantitative estimate of drug-likeness (QED) is 0.0516. The number of aliphatic hydroxyl groups excluding tert-OH is 1. The molecule has 55 heavy (non-hydrogen) atoms. The van der Waals surface area contributed by atoms with Crippen molar-refractivity contribution in [2.45, 2.75) is 129 Å². The zero-order valence-corrected chi connectivity index (χ0v) is 32.7. The number of hydrogen-bond acceptors (Lipinski definition) is 11. The van der Waals surface area contributed by atoms with Crippen LogP contribution in [0.5, 0.6) is 0 Å². The third kappa shape index (κ3) is 16.2. The number of nitrogens with one attached hydrogen (secondary N) is 6. The molecule has 0 bridgehead atoms. The highest BCUT2D eigenvalue weighted by Gasteiger charge is 2.39. The molecule has 312 valence electrons. The van der Waals surface area contributed by atoms with Crippen molar-refractivity contribution in [2.75, 3.05) is 19.7 Å². The molecule has 0 saturated carbocycles. The summed E-state index contributed by atoms with van der Waals surface area (Å²) < 4.78 is 0. The number of carbonyl (C=O) groups is 9. The molecule has 0 spiro atoms. The predicted octanol–water partition coefficient (Wildman–Crippen LogP) is -2.45. The van der Waals surface area contributed by atoms with E-state index in [2.05, 4.69) is 26.6 Å². The third-order valence-corrected chi connectivity index (χ3v) is 9.01. The minimum absolute atomic E-state index is 0.0554. The molecule has 1 aliphatic rings. The molecule has 0 radical (unpaired) electrons. The number of aliphatic carboxylic acids is 2. The predicted molar refractivity (Wildman–Crippen MR) is 196 cm³/mol. The first-order chi connectivity index (χ1) is 25.6. The van der Waals surface area contributed by atoms with Crippen LogP contribution >= 0.6 is 0 Å². The second-order valence-corrected chi connectivity index (χ2v) is 14.7. The molecule has 0 aromatic heterocycles.